The number of hydrogen-bond acceptors (Lipinski definition) is 7. The number of amides is 2. The highest BCUT2D eigenvalue weighted by atomic mass is 32.2. The molecule has 6 rings (SSSR count). The number of benzene rings is 1. The van der Waals surface area contributed by atoms with Crippen molar-refractivity contribution >= 4 is 33.6 Å². The monoisotopic (exact) mass is 491 g/mol. The van der Waals surface area contributed by atoms with Crippen LogP contribution in [-0.2, 0) is 14.8 Å². The van der Waals surface area contributed by atoms with Crippen LogP contribution in [0.25, 0.3) is 6.08 Å². The van der Waals surface area contributed by atoms with Gasteiger partial charge in [0.25, 0.3) is 21.8 Å². The first-order chi connectivity index (χ1) is 16.9. The van der Waals surface area contributed by atoms with E-state index in [1.54, 1.807) is 36.6 Å². The molecule has 9 nitrogen and oxygen atoms in total. The average molecular weight is 492 g/mol. The zero-order valence-electron chi connectivity index (χ0n) is 18.5. The van der Waals surface area contributed by atoms with Gasteiger partial charge in [-0.05, 0) is 67.3 Å². The summed E-state index contributed by atoms with van der Waals surface area (Å²) in [6.07, 6.45) is 7.50. The summed E-state index contributed by atoms with van der Waals surface area (Å²) in [7, 11) is -4.12. The molecule has 0 spiro atoms. The van der Waals surface area contributed by atoms with Gasteiger partial charge in [0.15, 0.2) is 0 Å². The summed E-state index contributed by atoms with van der Waals surface area (Å²) in [6.45, 7) is -0.645. The van der Waals surface area contributed by atoms with Crippen molar-refractivity contribution in [2.24, 2.45) is 11.0 Å². The number of carbonyl (C=O) groups is 2. The molecule has 0 radical (unpaired) electrons. The average Bonchev–Trinajstić information content (AvgIpc) is 3.64. The number of sulfonamides is 1. The lowest BCUT2D eigenvalue weighted by molar-refractivity contribution is -0.133. The van der Waals surface area contributed by atoms with Crippen LogP contribution in [0.1, 0.15) is 47.2 Å². The molecular formula is C25H21N3O6S. The summed E-state index contributed by atoms with van der Waals surface area (Å²) in [5, 5.41) is 5.95. The van der Waals surface area contributed by atoms with Gasteiger partial charge in [-0.15, -0.1) is 0 Å². The molecule has 35 heavy (non-hydrogen) atoms. The Balaban J connectivity index is 1.36. The number of fused-ring (bicyclic) bond motifs is 2. The van der Waals surface area contributed by atoms with Gasteiger partial charge in [-0.3, -0.25) is 9.59 Å². The van der Waals surface area contributed by atoms with Gasteiger partial charge in [0, 0.05) is 5.92 Å². The topological polar surface area (TPSA) is 113 Å². The van der Waals surface area contributed by atoms with E-state index in [1.807, 2.05) is 12.1 Å². The SMILES string of the molecule is O=C(CN1C(=O)c2ccccc2S1(=O)=O)N1N=C2/C(=C/c3ccco3)CCCC2C1c1ccco1. The van der Waals surface area contributed by atoms with Crippen LogP contribution in [0, 0.1) is 5.92 Å². The molecule has 2 aliphatic heterocycles. The zero-order valence-corrected chi connectivity index (χ0v) is 19.3. The van der Waals surface area contributed by atoms with Gasteiger partial charge in [-0.2, -0.15) is 5.10 Å². The second-order valence-electron chi connectivity index (χ2n) is 8.68. The molecule has 2 aromatic heterocycles. The maximum Gasteiger partial charge on any atom is 0.269 e. The molecular weight excluding hydrogens is 470 g/mol. The zero-order chi connectivity index (χ0) is 24.2. The van der Waals surface area contributed by atoms with Crippen molar-refractivity contribution < 1.29 is 26.8 Å². The number of hydrogen-bond donors (Lipinski definition) is 0. The first-order valence-electron chi connectivity index (χ1n) is 11.3. The minimum atomic E-state index is -4.12. The van der Waals surface area contributed by atoms with Gasteiger partial charge in [0.2, 0.25) is 0 Å². The van der Waals surface area contributed by atoms with Gasteiger partial charge in [-0.1, -0.05) is 12.1 Å². The van der Waals surface area contributed by atoms with Crippen LogP contribution in [0.2, 0.25) is 0 Å². The van der Waals surface area contributed by atoms with Gasteiger partial charge < -0.3 is 8.83 Å². The molecule has 4 heterocycles. The van der Waals surface area contributed by atoms with E-state index in [0.29, 0.717) is 15.8 Å². The third-order valence-corrected chi connectivity index (χ3v) is 8.43. The Hall–Kier alpha value is -3.92. The van der Waals surface area contributed by atoms with Gasteiger partial charge >= 0.3 is 0 Å². The van der Waals surface area contributed by atoms with Gasteiger partial charge in [0.05, 0.1) is 23.8 Å². The normalized spacial score (nSPS) is 23.9. The van der Waals surface area contributed by atoms with Crippen molar-refractivity contribution in [3.05, 3.63) is 83.7 Å². The number of allylic oxidation sites excluding steroid dienone is 1. The number of carbonyl (C=O) groups excluding carboxylic acids is 2. The second kappa shape index (κ2) is 8.09. The summed E-state index contributed by atoms with van der Waals surface area (Å²) >= 11 is 0. The van der Waals surface area contributed by atoms with E-state index in [9.17, 15) is 18.0 Å². The Morgan fingerprint density at radius 3 is 2.63 bits per heavy atom. The maximum absolute atomic E-state index is 13.5. The molecule has 1 saturated carbocycles. The number of rotatable bonds is 4. The third kappa shape index (κ3) is 3.44. The van der Waals surface area contributed by atoms with Crippen molar-refractivity contribution in [1.29, 1.82) is 0 Å². The molecule has 1 fully saturated rings. The third-order valence-electron chi connectivity index (χ3n) is 6.64. The quantitative estimate of drug-likeness (QED) is 0.548. The molecule has 2 unspecified atom stereocenters. The highest BCUT2D eigenvalue weighted by molar-refractivity contribution is 7.90. The highest BCUT2D eigenvalue weighted by Gasteiger charge is 2.48. The summed E-state index contributed by atoms with van der Waals surface area (Å²) in [5.41, 5.74) is 1.77. The summed E-state index contributed by atoms with van der Waals surface area (Å²) in [4.78, 5) is 26.3. The fraction of sp³-hybridized carbons (Fsp3) is 0.240. The van der Waals surface area contributed by atoms with Crippen molar-refractivity contribution in [2.45, 2.75) is 30.2 Å². The molecule has 0 bridgehead atoms. The Morgan fingerprint density at radius 1 is 1.09 bits per heavy atom. The van der Waals surface area contributed by atoms with E-state index in [-0.39, 0.29) is 16.4 Å². The summed E-state index contributed by atoms with van der Waals surface area (Å²) in [6, 6.07) is 12.6. The fourth-order valence-electron chi connectivity index (χ4n) is 5.07. The lowest BCUT2D eigenvalue weighted by Gasteiger charge is -2.28. The molecule has 3 aromatic rings. The smallest absolute Gasteiger partial charge is 0.269 e. The highest BCUT2D eigenvalue weighted by Crippen LogP contribution is 2.44. The van der Waals surface area contributed by atoms with Crippen LogP contribution < -0.4 is 0 Å². The maximum atomic E-state index is 13.5. The minimum absolute atomic E-state index is 0.0629. The molecule has 0 N–H and O–H groups in total. The number of nitrogens with zero attached hydrogens (tertiary/aromatic N) is 3. The van der Waals surface area contributed by atoms with Crippen LogP contribution in [0.15, 0.2) is 85.5 Å². The molecule has 2 atom stereocenters. The van der Waals surface area contributed by atoms with Crippen LogP contribution in [0.4, 0.5) is 0 Å². The number of hydrazone groups is 1. The molecule has 2 amide bonds. The predicted octanol–water partition coefficient (Wildman–Crippen LogP) is 3.84. The van der Waals surface area contributed by atoms with Crippen molar-refractivity contribution in [1.82, 2.24) is 9.31 Å². The van der Waals surface area contributed by atoms with E-state index in [0.717, 1.165) is 30.5 Å². The van der Waals surface area contributed by atoms with Crippen LogP contribution >= 0.6 is 0 Å². The molecule has 10 heteroatoms. The van der Waals surface area contributed by atoms with Crippen molar-refractivity contribution in [3.63, 3.8) is 0 Å². The Labute approximate surface area is 201 Å². The standard InChI is InChI=1S/C25H21N3O6S/c29-22(15-27-25(30)18-8-1-2-11-21(18)35(27,31)32)28-24(20-10-5-13-34-20)19-9-3-6-16(23(19)26-28)14-17-7-4-12-33-17/h1-2,4-5,7-8,10-14,19,24H,3,6,9,15H2/b16-14+. The Morgan fingerprint density at radius 2 is 1.89 bits per heavy atom. The molecule has 1 aromatic carbocycles. The summed E-state index contributed by atoms with van der Waals surface area (Å²) < 4.78 is 37.8. The molecule has 0 saturated heterocycles. The van der Waals surface area contributed by atoms with E-state index in [4.69, 9.17) is 8.83 Å². The summed E-state index contributed by atoms with van der Waals surface area (Å²) in [5.74, 6) is -0.195. The first kappa shape index (κ1) is 21.6. The lowest BCUT2D eigenvalue weighted by Crippen LogP contribution is -2.41. The first-order valence-corrected chi connectivity index (χ1v) is 12.7. The van der Waals surface area contributed by atoms with Crippen LogP contribution in [0.5, 0.6) is 0 Å². The molecule has 3 aliphatic rings. The van der Waals surface area contributed by atoms with E-state index in [2.05, 4.69) is 5.10 Å². The fourth-order valence-corrected chi connectivity index (χ4v) is 6.59. The Kier molecular flexibility index (Phi) is 4.99. The van der Waals surface area contributed by atoms with Crippen molar-refractivity contribution in [2.75, 3.05) is 6.54 Å². The van der Waals surface area contributed by atoms with Gasteiger partial charge in [0.1, 0.15) is 29.0 Å². The van der Waals surface area contributed by atoms with E-state index < -0.39 is 34.4 Å². The lowest BCUT2D eigenvalue weighted by atomic mass is 9.79. The Bertz CT molecular complexity index is 1470. The predicted molar refractivity (Wildman–Crippen MR) is 124 cm³/mol. The minimum Gasteiger partial charge on any atom is -0.467 e. The molecule has 178 valence electrons. The van der Waals surface area contributed by atoms with Gasteiger partial charge in [-0.25, -0.2) is 17.7 Å². The van der Waals surface area contributed by atoms with E-state index in [1.165, 1.54) is 23.4 Å². The van der Waals surface area contributed by atoms with Crippen LogP contribution in [0.3, 0.4) is 0 Å². The number of furan rings is 2. The molecule has 1 aliphatic carbocycles. The second-order valence-corrected chi connectivity index (χ2v) is 10.5. The van der Waals surface area contributed by atoms with Crippen LogP contribution in [-0.4, -0.2) is 41.8 Å². The largest absolute Gasteiger partial charge is 0.467 e. The van der Waals surface area contributed by atoms with E-state index >= 15 is 0 Å². The van der Waals surface area contributed by atoms with Crippen molar-refractivity contribution in [3.8, 4) is 0 Å².